The van der Waals surface area contributed by atoms with Crippen molar-refractivity contribution in [2.45, 2.75) is 12.5 Å². The molecule has 11 heteroatoms. The molecule has 5 aromatic rings. The number of aromatic nitrogens is 8. The van der Waals surface area contributed by atoms with Gasteiger partial charge in [0.1, 0.15) is 6.04 Å². The molecule has 31 heavy (non-hydrogen) atoms. The number of carbonyl (C=O) groups is 1. The molecule has 0 radical (unpaired) electrons. The summed E-state index contributed by atoms with van der Waals surface area (Å²) in [6.45, 7) is 0.469. The van der Waals surface area contributed by atoms with Crippen LogP contribution in [-0.4, -0.2) is 56.9 Å². The van der Waals surface area contributed by atoms with Gasteiger partial charge in [-0.3, -0.25) is 9.48 Å². The van der Waals surface area contributed by atoms with Crippen LogP contribution in [0.5, 0.6) is 0 Å². The molecule has 0 saturated carbocycles. The fourth-order valence-corrected chi connectivity index (χ4v) is 3.97. The van der Waals surface area contributed by atoms with Crippen molar-refractivity contribution in [2.75, 3.05) is 6.54 Å². The highest BCUT2D eigenvalue weighted by atomic mass is 16.4. The van der Waals surface area contributed by atoms with Gasteiger partial charge in [-0.2, -0.15) is 10.2 Å². The molecule has 0 saturated heterocycles. The quantitative estimate of drug-likeness (QED) is 0.475. The number of fused-ring (bicyclic) bond motifs is 2. The summed E-state index contributed by atoms with van der Waals surface area (Å²) in [7, 11) is 1.79. The standard InChI is InChI=1S/C20H17N9O2/c1-27-10-12(9-23-27)18-24-25-19(31-18)20(30)28-7-5-14-16(22-11-21-14)17(28)15-8-13-4-2-3-6-29(13)26-15/h2-4,6,8-11,17H,5,7H2,1H3,(H,21,22). The molecule has 0 spiro atoms. The number of hydrogen-bond donors (Lipinski definition) is 1. The van der Waals surface area contributed by atoms with Gasteiger partial charge in [0, 0.05) is 38.1 Å². The zero-order valence-corrected chi connectivity index (χ0v) is 16.5. The van der Waals surface area contributed by atoms with E-state index >= 15 is 0 Å². The first-order valence-electron chi connectivity index (χ1n) is 9.77. The number of aromatic amines is 1. The van der Waals surface area contributed by atoms with E-state index in [1.54, 1.807) is 39.9 Å². The van der Waals surface area contributed by atoms with Crippen molar-refractivity contribution in [1.29, 1.82) is 0 Å². The maximum absolute atomic E-state index is 13.4. The van der Waals surface area contributed by atoms with Crippen LogP contribution >= 0.6 is 0 Å². The Hall–Kier alpha value is -4.28. The predicted octanol–water partition coefficient (Wildman–Crippen LogP) is 1.63. The largest absolute Gasteiger partial charge is 0.412 e. The van der Waals surface area contributed by atoms with E-state index in [4.69, 9.17) is 4.42 Å². The Labute approximate surface area is 175 Å². The third kappa shape index (κ3) is 2.81. The van der Waals surface area contributed by atoms with Crippen LogP contribution in [0.4, 0.5) is 0 Å². The van der Waals surface area contributed by atoms with E-state index in [0.717, 1.165) is 22.6 Å². The molecule has 5 aromatic heterocycles. The topological polar surface area (TPSA) is 123 Å². The minimum Gasteiger partial charge on any atom is -0.412 e. The van der Waals surface area contributed by atoms with E-state index in [1.165, 1.54) is 0 Å². The molecule has 1 aliphatic heterocycles. The van der Waals surface area contributed by atoms with Gasteiger partial charge in [-0.05, 0) is 18.2 Å². The number of nitrogens with one attached hydrogen (secondary N) is 1. The molecule has 1 N–H and O–H groups in total. The van der Waals surface area contributed by atoms with E-state index in [0.29, 0.717) is 18.5 Å². The van der Waals surface area contributed by atoms with Crippen molar-refractivity contribution in [3.63, 3.8) is 0 Å². The third-order valence-corrected chi connectivity index (χ3v) is 5.41. The monoisotopic (exact) mass is 415 g/mol. The number of carbonyl (C=O) groups excluding carboxylic acids is 1. The lowest BCUT2D eigenvalue weighted by molar-refractivity contribution is 0.0646. The van der Waals surface area contributed by atoms with Gasteiger partial charge in [0.05, 0.1) is 35.0 Å². The Kier molecular flexibility index (Phi) is 3.75. The summed E-state index contributed by atoms with van der Waals surface area (Å²) >= 11 is 0. The molecule has 1 unspecified atom stereocenters. The molecule has 154 valence electrons. The lowest BCUT2D eigenvalue weighted by Crippen LogP contribution is -2.41. The average Bonchev–Trinajstić information content (AvgIpc) is 3.57. The van der Waals surface area contributed by atoms with Crippen molar-refractivity contribution < 1.29 is 9.21 Å². The molecule has 1 amide bonds. The molecule has 0 bridgehead atoms. The zero-order chi connectivity index (χ0) is 20.9. The molecule has 1 atom stereocenters. The summed E-state index contributed by atoms with van der Waals surface area (Å²) in [5.74, 6) is -0.192. The Bertz CT molecular complexity index is 1380. The van der Waals surface area contributed by atoms with E-state index in [-0.39, 0.29) is 17.7 Å². The summed E-state index contributed by atoms with van der Waals surface area (Å²) in [6, 6.07) is 7.32. The van der Waals surface area contributed by atoms with Crippen molar-refractivity contribution in [3.8, 4) is 11.5 Å². The van der Waals surface area contributed by atoms with Gasteiger partial charge in [0.25, 0.3) is 5.89 Å². The molecule has 0 aliphatic carbocycles. The highest BCUT2D eigenvalue weighted by Crippen LogP contribution is 2.34. The number of amides is 1. The van der Waals surface area contributed by atoms with Crippen molar-refractivity contribution >= 4 is 11.4 Å². The van der Waals surface area contributed by atoms with Gasteiger partial charge in [-0.1, -0.05) is 6.07 Å². The second-order valence-corrected chi connectivity index (χ2v) is 7.37. The summed E-state index contributed by atoms with van der Waals surface area (Å²) in [6.07, 6.45) is 7.52. The number of pyridine rings is 1. The van der Waals surface area contributed by atoms with Gasteiger partial charge in [0.2, 0.25) is 0 Å². The Morgan fingerprint density at radius 3 is 3.06 bits per heavy atom. The van der Waals surface area contributed by atoms with Gasteiger partial charge in [0.15, 0.2) is 0 Å². The molecule has 0 aromatic carbocycles. The van der Waals surface area contributed by atoms with Crippen LogP contribution in [0.2, 0.25) is 0 Å². The lowest BCUT2D eigenvalue weighted by Gasteiger charge is -2.32. The average molecular weight is 415 g/mol. The molecule has 6 rings (SSSR count). The number of rotatable bonds is 3. The van der Waals surface area contributed by atoms with E-state index < -0.39 is 6.04 Å². The predicted molar refractivity (Wildman–Crippen MR) is 107 cm³/mol. The van der Waals surface area contributed by atoms with Crippen molar-refractivity contribution in [1.82, 2.24) is 44.5 Å². The number of H-pyrrole nitrogens is 1. The SMILES string of the molecule is Cn1cc(-c2nnc(C(=O)N3CCc4[nH]cnc4C3c3cc4ccccn4n3)o2)cn1. The Morgan fingerprint density at radius 1 is 1.29 bits per heavy atom. The fourth-order valence-electron chi connectivity index (χ4n) is 3.97. The highest BCUT2D eigenvalue weighted by molar-refractivity contribution is 5.90. The molecular formula is C20H17N9O2. The minimum absolute atomic E-state index is 0.0772. The van der Waals surface area contributed by atoms with Crippen LogP contribution < -0.4 is 0 Å². The minimum atomic E-state index is -0.462. The van der Waals surface area contributed by atoms with Crippen LogP contribution in [0.1, 0.15) is 33.8 Å². The summed E-state index contributed by atoms with van der Waals surface area (Å²) in [4.78, 5) is 22.8. The van der Waals surface area contributed by atoms with E-state index in [9.17, 15) is 4.79 Å². The van der Waals surface area contributed by atoms with Gasteiger partial charge < -0.3 is 14.3 Å². The summed E-state index contributed by atoms with van der Waals surface area (Å²) < 4.78 is 9.10. The van der Waals surface area contributed by atoms with Crippen LogP contribution in [0.3, 0.4) is 0 Å². The second kappa shape index (κ2) is 6.62. The van der Waals surface area contributed by atoms with Gasteiger partial charge >= 0.3 is 11.8 Å². The molecule has 6 heterocycles. The maximum atomic E-state index is 13.4. The third-order valence-electron chi connectivity index (χ3n) is 5.41. The van der Waals surface area contributed by atoms with E-state index in [1.807, 2.05) is 30.5 Å². The van der Waals surface area contributed by atoms with E-state index in [2.05, 4.69) is 30.4 Å². The number of hydrogen-bond acceptors (Lipinski definition) is 7. The summed E-state index contributed by atoms with van der Waals surface area (Å²) in [5, 5.41) is 16.8. The summed E-state index contributed by atoms with van der Waals surface area (Å²) in [5.41, 5.74) is 4.07. The second-order valence-electron chi connectivity index (χ2n) is 7.37. The van der Waals surface area contributed by atoms with Crippen LogP contribution in [0, 0.1) is 0 Å². The van der Waals surface area contributed by atoms with Crippen LogP contribution in [0.25, 0.3) is 17.0 Å². The normalized spacial score (nSPS) is 16.0. The first kappa shape index (κ1) is 17.6. The molecule has 0 fully saturated rings. The van der Waals surface area contributed by atoms with Gasteiger partial charge in [-0.25, -0.2) is 9.50 Å². The number of nitrogens with zero attached hydrogens (tertiary/aromatic N) is 8. The maximum Gasteiger partial charge on any atom is 0.312 e. The van der Waals surface area contributed by atoms with Gasteiger partial charge in [-0.15, -0.1) is 10.2 Å². The number of imidazole rings is 1. The highest BCUT2D eigenvalue weighted by Gasteiger charge is 2.38. The molecule has 11 nitrogen and oxygen atoms in total. The lowest BCUT2D eigenvalue weighted by atomic mass is 9.99. The van der Waals surface area contributed by atoms with Crippen LogP contribution in [-0.2, 0) is 13.5 Å². The fraction of sp³-hybridized carbons (Fsp3) is 0.200. The first-order valence-corrected chi connectivity index (χ1v) is 9.77. The smallest absolute Gasteiger partial charge is 0.312 e. The van der Waals surface area contributed by atoms with Crippen molar-refractivity contribution in [3.05, 3.63) is 72.2 Å². The molecule has 1 aliphatic rings. The number of aryl methyl sites for hydroxylation is 1. The first-order chi connectivity index (χ1) is 15.2. The molecular weight excluding hydrogens is 398 g/mol. The zero-order valence-electron chi connectivity index (χ0n) is 16.5. The Morgan fingerprint density at radius 2 is 2.23 bits per heavy atom. The van der Waals surface area contributed by atoms with Crippen molar-refractivity contribution in [2.24, 2.45) is 7.05 Å². The Balaban J connectivity index is 1.40. The van der Waals surface area contributed by atoms with Crippen LogP contribution in [0.15, 0.2) is 53.6 Å².